The third kappa shape index (κ3) is 2.58. The highest BCUT2D eigenvalue weighted by Gasteiger charge is 2.17. The molecular formula is C22H15FN4O. The Balaban J connectivity index is 1.82. The first-order valence-corrected chi connectivity index (χ1v) is 8.89. The van der Waals surface area contributed by atoms with Crippen LogP contribution in [0.3, 0.4) is 0 Å². The Labute approximate surface area is 159 Å². The minimum absolute atomic E-state index is 0.153. The van der Waals surface area contributed by atoms with Crippen LogP contribution in [0.4, 0.5) is 4.39 Å². The zero-order valence-corrected chi connectivity index (χ0v) is 14.8. The highest BCUT2D eigenvalue weighted by Crippen LogP contribution is 2.22. The smallest absolute Gasteiger partial charge is 0.263 e. The Bertz CT molecular complexity index is 1350. The van der Waals surface area contributed by atoms with E-state index in [4.69, 9.17) is 0 Å². The van der Waals surface area contributed by atoms with Gasteiger partial charge in [0.2, 0.25) is 5.78 Å². The van der Waals surface area contributed by atoms with Crippen LogP contribution in [0.25, 0.3) is 28.1 Å². The Morgan fingerprint density at radius 1 is 0.821 bits per heavy atom. The predicted molar refractivity (Wildman–Crippen MR) is 106 cm³/mol. The molecule has 0 bridgehead atoms. The van der Waals surface area contributed by atoms with Crippen LogP contribution in [0.15, 0.2) is 83.7 Å². The molecule has 28 heavy (non-hydrogen) atoms. The molecule has 0 aliphatic rings. The van der Waals surface area contributed by atoms with Crippen molar-refractivity contribution in [2.24, 2.45) is 0 Å². The first-order chi connectivity index (χ1) is 13.7. The molecule has 0 N–H and O–H groups in total. The van der Waals surface area contributed by atoms with E-state index < -0.39 is 0 Å². The average Bonchev–Trinajstić information content (AvgIpc) is 3.18. The van der Waals surface area contributed by atoms with E-state index in [1.165, 1.54) is 12.1 Å². The van der Waals surface area contributed by atoms with E-state index in [1.807, 2.05) is 52.9 Å². The molecule has 2 heterocycles. The second-order valence-corrected chi connectivity index (χ2v) is 6.56. The summed E-state index contributed by atoms with van der Waals surface area (Å²) in [5.74, 6) is 0.806. The predicted octanol–water partition coefficient (Wildman–Crippen LogP) is 3.90. The molecule has 6 heteroatoms. The number of nitrogens with zero attached hydrogens (tertiary/aromatic N) is 4. The van der Waals surface area contributed by atoms with Gasteiger partial charge in [-0.05, 0) is 29.8 Å². The van der Waals surface area contributed by atoms with Gasteiger partial charge in [-0.25, -0.2) is 4.39 Å². The quantitative estimate of drug-likeness (QED) is 0.484. The van der Waals surface area contributed by atoms with Crippen molar-refractivity contribution in [2.45, 2.75) is 6.54 Å². The molecule has 0 aliphatic heterocycles. The maximum Gasteiger partial charge on any atom is 0.263 e. The van der Waals surface area contributed by atoms with Crippen molar-refractivity contribution >= 4 is 16.7 Å². The fraction of sp³-hybridized carbons (Fsp3) is 0.0455. The highest BCUT2D eigenvalue weighted by atomic mass is 19.1. The van der Waals surface area contributed by atoms with Gasteiger partial charge in [-0.3, -0.25) is 13.8 Å². The molecular weight excluding hydrogens is 355 g/mol. The highest BCUT2D eigenvalue weighted by molar-refractivity contribution is 5.82. The van der Waals surface area contributed by atoms with Crippen molar-refractivity contribution in [1.29, 1.82) is 0 Å². The van der Waals surface area contributed by atoms with Crippen LogP contribution in [0.5, 0.6) is 0 Å². The zero-order chi connectivity index (χ0) is 19.1. The first kappa shape index (κ1) is 16.4. The minimum Gasteiger partial charge on any atom is -0.272 e. The van der Waals surface area contributed by atoms with Crippen LogP contribution in [0.2, 0.25) is 0 Å². The Hall–Kier alpha value is -3.80. The fourth-order valence-corrected chi connectivity index (χ4v) is 3.45. The second-order valence-electron chi connectivity index (χ2n) is 6.56. The van der Waals surface area contributed by atoms with Crippen LogP contribution >= 0.6 is 0 Å². The second kappa shape index (κ2) is 6.42. The van der Waals surface area contributed by atoms with E-state index in [1.54, 1.807) is 22.8 Å². The Morgan fingerprint density at radius 3 is 2.32 bits per heavy atom. The van der Waals surface area contributed by atoms with Crippen molar-refractivity contribution in [3.8, 4) is 11.4 Å². The summed E-state index contributed by atoms with van der Waals surface area (Å²) in [6.07, 6.45) is 0. The maximum absolute atomic E-state index is 13.3. The summed E-state index contributed by atoms with van der Waals surface area (Å²) < 4.78 is 16.7. The lowest BCUT2D eigenvalue weighted by Crippen LogP contribution is -2.24. The fourth-order valence-electron chi connectivity index (χ4n) is 3.45. The lowest BCUT2D eigenvalue weighted by atomic mass is 10.2. The van der Waals surface area contributed by atoms with E-state index in [0.717, 1.165) is 16.6 Å². The van der Waals surface area contributed by atoms with Gasteiger partial charge in [-0.2, -0.15) is 0 Å². The van der Waals surface area contributed by atoms with Crippen molar-refractivity contribution < 1.29 is 4.39 Å². The molecule has 3 aromatic carbocycles. The van der Waals surface area contributed by atoms with E-state index >= 15 is 0 Å². The number of benzene rings is 3. The SMILES string of the molecule is O=c1c2ccccc2n2c(-c3ccccc3)nnc2n1Cc1ccc(F)cc1. The number of hydrogen-bond donors (Lipinski definition) is 0. The summed E-state index contributed by atoms with van der Waals surface area (Å²) in [5.41, 5.74) is 2.32. The van der Waals surface area contributed by atoms with Gasteiger partial charge < -0.3 is 0 Å². The topological polar surface area (TPSA) is 52.2 Å². The molecule has 0 saturated carbocycles. The normalized spacial score (nSPS) is 11.3. The molecule has 0 saturated heterocycles. The van der Waals surface area contributed by atoms with E-state index in [-0.39, 0.29) is 17.9 Å². The molecule has 0 radical (unpaired) electrons. The molecule has 2 aromatic heterocycles. The zero-order valence-electron chi connectivity index (χ0n) is 14.8. The van der Waals surface area contributed by atoms with E-state index in [0.29, 0.717) is 17.0 Å². The van der Waals surface area contributed by atoms with Gasteiger partial charge in [0.15, 0.2) is 5.82 Å². The van der Waals surface area contributed by atoms with Crippen LogP contribution in [-0.2, 0) is 6.54 Å². The van der Waals surface area contributed by atoms with Crippen LogP contribution in [0, 0.1) is 5.82 Å². The molecule has 0 spiro atoms. The Kier molecular flexibility index (Phi) is 3.76. The molecule has 5 aromatic rings. The summed E-state index contributed by atoms with van der Waals surface area (Å²) in [6, 6.07) is 23.3. The van der Waals surface area contributed by atoms with Crippen molar-refractivity contribution in [1.82, 2.24) is 19.2 Å². The van der Waals surface area contributed by atoms with Gasteiger partial charge in [-0.1, -0.05) is 54.6 Å². The number of rotatable bonds is 3. The largest absolute Gasteiger partial charge is 0.272 e. The van der Waals surface area contributed by atoms with Crippen LogP contribution in [-0.4, -0.2) is 19.2 Å². The molecule has 5 nitrogen and oxygen atoms in total. The molecule has 136 valence electrons. The monoisotopic (exact) mass is 370 g/mol. The van der Waals surface area contributed by atoms with Gasteiger partial charge in [0.25, 0.3) is 5.56 Å². The average molecular weight is 370 g/mol. The Morgan fingerprint density at radius 2 is 1.54 bits per heavy atom. The maximum atomic E-state index is 13.3. The van der Waals surface area contributed by atoms with Gasteiger partial charge >= 0.3 is 0 Å². The summed E-state index contributed by atoms with van der Waals surface area (Å²) in [7, 11) is 0. The first-order valence-electron chi connectivity index (χ1n) is 8.89. The lowest BCUT2D eigenvalue weighted by Gasteiger charge is -2.11. The van der Waals surface area contributed by atoms with Crippen molar-refractivity contribution in [2.75, 3.05) is 0 Å². The van der Waals surface area contributed by atoms with Crippen LogP contribution < -0.4 is 5.56 Å². The van der Waals surface area contributed by atoms with Gasteiger partial charge in [-0.15, -0.1) is 10.2 Å². The van der Waals surface area contributed by atoms with Gasteiger partial charge in [0, 0.05) is 5.56 Å². The standard InChI is InChI=1S/C22H15FN4O/c23-17-12-10-15(11-13-17)14-26-21(28)18-8-4-5-9-19(18)27-20(24-25-22(26)27)16-6-2-1-3-7-16/h1-13H,14H2. The summed E-state index contributed by atoms with van der Waals surface area (Å²) in [5, 5.41) is 9.27. The third-order valence-corrected chi connectivity index (χ3v) is 4.79. The van der Waals surface area contributed by atoms with Crippen molar-refractivity contribution in [3.63, 3.8) is 0 Å². The molecule has 0 atom stereocenters. The molecule has 0 unspecified atom stereocenters. The van der Waals surface area contributed by atoms with Crippen molar-refractivity contribution in [3.05, 3.63) is 101 Å². The van der Waals surface area contributed by atoms with Crippen LogP contribution in [0.1, 0.15) is 5.56 Å². The summed E-state index contributed by atoms with van der Waals surface area (Å²) in [4.78, 5) is 13.2. The van der Waals surface area contributed by atoms with E-state index in [2.05, 4.69) is 10.2 Å². The molecule has 0 fully saturated rings. The number of halogens is 1. The van der Waals surface area contributed by atoms with Gasteiger partial charge in [0.1, 0.15) is 5.82 Å². The number of hydrogen-bond acceptors (Lipinski definition) is 3. The summed E-state index contributed by atoms with van der Waals surface area (Å²) >= 11 is 0. The number of aromatic nitrogens is 4. The minimum atomic E-state index is -0.311. The van der Waals surface area contributed by atoms with E-state index in [9.17, 15) is 9.18 Å². The number of para-hydroxylation sites is 1. The molecule has 0 amide bonds. The number of fused-ring (bicyclic) bond motifs is 3. The lowest BCUT2D eigenvalue weighted by molar-refractivity contribution is 0.626. The molecule has 5 rings (SSSR count). The third-order valence-electron chi connectivity index (χ3n) is 4.79. The molecule has 0 aliphatic carbocycles. The summed E-state index contributed by atoms with van der Waals surface area (Å²) in [6.45, 7) is 0.278. The van der Waals surface area contributed by atoms with Gasteiger partial charge in [0.05, 0.1) is 17.4 Å².